The van der Waals surface area contributed by atoms with Crippen LogP contribution in [-0.2, 0) is 17.9 Å². The summed E-state index contributed by atoms with van der Waals surface area (Å²) in [5, 5.41) is 13.8. The monoisotopic (exact) mass is 314 g/mol. The maximum absolute atomic E-state index is 12.0. The van der Waals surface area contributed by atoms with Crippen molar-refractivity contribution in [1.29, 1.82) is 0 Å². The van der Waals surface area contributed by atoms with Crippen LogP contribution in [0.1, 0.15) is 41.8 Å². The lowest BCUT2D eigenvalue weighted by atomic mass is 10.0. The molecule has 0 radical (unpaired) electrons. The van der Waals surface area contributed by atoms with Crippen LogP contribution in [0.4, 0.5) is 0 Å². The Balaban J connectivity index is 1.75. The number of amides is 2. The largest absolute Gasteiger partial charge is 0.349 e. The topological polar surface area (TPSA) is 102 Å². The molecule has 3 heterocycles. The van der Waals surface area contributed by atoms with Crippen LogP contribution in [0.2, 0.25) is 0 Å². The van der Waals surface area contributed by atoms with Crippen molar-refractivity contribution in [3.05, 3.63) is 41.5 Å². The van der Waals surface area contributed by atoms with E-state index in [-0.39, 0.29) is 30.3 Å². The molecule has 0 bridgehead atoms. The van der Waals surface area contributed by atoms with Crippen LogP contribution in [0.5, 0.6) is 0 Å². The number of nitrogens with one attached hydrogen (secondary N) is 2. The summed E-state index contributed by atoms with van der Waals surface area (Å²) in [6.07, 6.45) is 1.57. The molecule has 0 saturated carbocycles. The highest BCUT2D eigenvalue weighted by Crippen LogP contribution is 2.23. The zero-order valence-corrected chi connectivity index (χ0v) is 13.0. The quantitative estimate of drug-likeness (QED) is 0.852. The Morgan fingerprint density at radius 3 is 3.00 bits per heavy atom. The smallest absolute Gasteiger partial charge is 0.270 e. The average Bonchev–Trinajstić information content (AvgIpc) is 2.95. The lowest BCUT2D eigenvalue weighted by molar-refractivity contribution is -0.127. The molecule has 23 heavy (non-hydrogen) atoms. The summed E-state index contributed by atoms with van der Waals surface area (Å²) in [5.74, 6) is -0.221. The normalized spacial score (nSPS) is 16.8. The van der Waals surface area contributed by atoms with E-state index in [0.29, 0.717) is 17.9 Å². The summed E-state index contributed by atoms with van der Waals surface area (Å²) < 4.78 is 1.66. The molecule has 8 heteroatoms. The SMILES string of the molecule is CC(C)C1C(=O)NCc2c(CNC(=O)c3ccccn3)nnn21. The van der Waals surface area contributed by atoms with Crippen molar-refractivity contribution in [3.63, 3.8) is 0 Å². The van der Waals surface area contributed by atoms with E-state index < -0.39 is 0 Å². The van der Waals surface area contributed by atoms with Crippen molar-refractivity contribution >= 4 is 11.8 Å². The predicted molar refractivity (Wildman–Crippen MR) is 81.2 cm³/mol. The third-order valence-electron chi connectivity index (χ3n) is 3.78. The molecule has 1 aliphatic rings. The number of nitrogens with zero attached hydrogens (tertiary/aromatic N) is 4. The second kappa shape index (κ2) is 6.15. The van der Waals surface area contributed by atoms with Gasteiger partial charge in [0.2, 0.25) is 5.91 Å². The first-order chi connectivity index (χ1) is 11.1. The van der Waals surface area contributed by atoms with Crippen LogP contribution in [0.15, 0.2) is 24.4 Å². The molecule has 1 unspecified atom stereocenters. The summed E-state index contributed by atoms with van der Waals surface area (Å²) in [6.45, 7) is 4.53. The van der Waals surface area contributed by atoms with Gasteiger partial charge in [0.25, 0.3) is 5.91 Å². The van der Waals surface area contributed by atoms with Gasteiger partial charge in [-0.05, 0) is 18.1 Å². The Bertz CT molecular complexity index is 725. The molecule has 0 aromatic carbocycles. The van der Waals surface area contributed by atoms with Crippen LogP contribution in [-0.4, -0.2) is 31.8 Å². The van der Waals surface area contributed by atoms with E-state index in [2.05, 4.69) is 25.9 Å². The molecular weight excluding hydrogens is 296 g/mol. The summed E-state index contributed by atoms with van der Waals surface area (Å²) in [5.41, 5.74) is 1.83. The third-order valence-corrected chi connectivity index (χ3v) is 3.78. The van der Waals surface area contributed by atoms with Crippen molar-refractivity contribution in [2.75, 3.05) is 0 Å². The van der Waals surface area contributed by atoms with Gasteiger partial charge in [0, 0.05) is 6.20 Å². The van der Waals surface area contributed by atoms with Crippen LogP contribution >= 0.6 is 0 Å². The Morgan fingerprint density at radius 1 is 1.48 bits per heavy atom. The van der Waals surface area contributed by atoms with Gasteiger partial charge in [0.15, 0.2) is 0 Å². The number of carbonyl (C=O) groups excluding carboxylic acids is 2. The van der Waals surface area contributed by atoms with Gasteiger partial charge in [0.1, 0.15) is 17.4 Å². The zero-order chi connectivity index (χ0) is 16.4. The van der Waals surface area contributed by atoms with Crippen LogP contribution in [0.25, 0.3) is 0 Å². The van der Waals surface area contributed by atoms with E-state index >= 15 is 0 Å². The number of hydrogen-bond donors (Lipinski definition) is 2. The highest BCUT2D eigenvalue weighted by Gasteiger charge is 2.32. The Hall–Kier alpha value is -2.77. The number of fused-ring (bicyclic) bond motifs is 1. The van der Waals surface area contributed by atoms with Crippen molar-refractivity contribution in [2.45, 2.75) is 33.0 Å². The second-order valence-corrected chi connectivity index (χ2v) is 5.73. The summed E-state index contributed by atoms with van der Waals surface area (Å²) in [7, 11) is 0. The minimum Gasteiger partial charge on any atom is -0.349 e. The van der Waals surface area contributed by atoms with Crippen LogP contribution in [0.3, 0.4) is 0 Å². The maximum atomic E-state index is 12.0. The molecule has 2 N–H and O–H groups in total. The molecule has 2 aromatic rings. The van der Waals surface area contributed by atoms with Crippen molar-refractivity contribution in [2.24, 2.45) is 5.92 Å². The van der Waals surface area contributed by atoms with Gasteiger partial charge in [-0.25, -0.2) is 4.68 Å². The predicted octanol–water partition coefficient (Wildman–Crippen LogP) is 0.430. The molecule has 0 aliphatic carbocycles. The molecule has 0 fully saturated rings. The number of aromatic nitrogens is 4. The van der Waals surface area contributed by atoms with E-state index in [4.69, 9.17) is 0 Å². The summed E-state index contributed by atoms with van der Waals surface area (Å²) in [4.78, 5) is 28.0. The molecule has 1 aliphatic heterocycles. The Labute approximate surface area is 133 Å². The standard InChI is InChI=1S/C15H18N6O2/c1-9(2)13-15(23)18-8-12-11(19-20-21(12)13)7-17-14(22)10-5-3-4-6-16-10/h3-6,9,13H,7-8H2,1-2H3,(H,17,22)(H,18,23). The Morgan fingerprint density at radius 2 is 2.30 bits per heavy atom. The molecule has 0 saturated heterocycles. The molecule has 2 aromatic heterocycles. The molecule has 0 spiro atoms. The van der Waals surface area contributed by atoms with Crippen LogP contribution in [0, 0.1) is 5.92 Å². The van der Waals surface area contributed by atoms with Gasteiger partial charge in [-0.2, -0.15) is 0 Å². The number of pyridine rings is 1. The summed E-state index contributed by atoms with van der Waals surface area (Å²) >= 11 is 0. The molecule has 2 amide bonds. The zero-order valence-electron chi connectivity index (χ0n) is 13.0. The first-order valence-corrected chi connectivity index (χ1v) is 7.48. The van der Waals surface area contributed by atoms with Crippen LogP contribution < -0.4 is 10.6 Å². The molecular formula is C15H18N6O2. The lowest BCUT2D eigenvalue weighted by Gasteiger charge is -2.26. The highest BCUT2D eigenvalue weighted by molar-refractivity contribution is 5.92. The fourth-order valence-electron chi connectivity index (χ4n) is 2.61. The Kier molecular flexibility index (Phi) is 4.05. The molecule has 1 atom stereocenters. The number of carbonyl (C=O) groups is 2. The molecule has 120 valence electrons. The number of rotatable bonds is 4. The fraction of sp³-hybridized carbons (Fsp3) is 0.400. The highest BCUT2D eigenvalue weighted by atomic mass is 16.2. The lowest BCUT2D eigenvalue weighted by Crippen LogP contribution is -2.42. The fourth-order valence-corrected chi connectivity index (χ4v) is 2.61. The van der Waals surface area contributed by atoms with Crippen molar-refractivity contribution in [1.82, 2.24) is 30.6 Å². The minimum atomic E-state index is -0.369. The van der Waals surface area contributed by atoms with Gasteiger partial charge in [-0.1, -0.05) is 25.1 Å². The second-order valence-electron chi connectivity index (χ2n) is 5.73. The maximum Gasteiger partial charge on any atom is 0.270 e. The van der Waals surface area contributed by atoms with Gasteiger partial charge in [0.05, 0.1) is 18.8 Å². The van der Waals surface area contributed by atoms with Crippen molar-refractivity contribution in [3.8, 4) is 0 Å². The van der Waals surface area contributed by atoms with Gasteiger partial charge in [-0.15, -0.1) is 5.10 Å². The van der Waals surface area contributed by atoms with E-state index in [1.54, 1.807) is 29.1 Å². The number of hydrogen-bond acceptors (Lipinski definition) is 5. The van der Waals surface area contributed by atoms with Crippen molar-refractivity contribution < 1.29 is 9.59 Å². The first-order valence-electron chi connectivity index (χ1n) is 7.48. The summed E-state index contributed by atoms with van der Waals surface area (Å²) in [6, 6.07) is 4.78. The van der Waals surface area contributed by atoms with E-state index in [1.165, 1.54) is 0 Å². The van der Waals surface area contributed by atoms with E-state index in [1.807, 2.05) is 13.8 Å². The average molecular weight is 314 g/mol. The minimum absolute atomic E-state index is 0.0542. The first kappa shape index (κ1) is 15.1. The molecule has 8 nitrogen and oxygen atoms in total. The van der Waals surface area contributed by atoms with E-state index in [9.17, 15) is 9.59 Å². The van der Waals surface area contributed by atoms with Gasteiger partial charge < -0.3 is 10.6 Å². The van der Waals surface area contributed by atoms with Gasteiger partial charge in [-0.3, -0.25) is 14.6 Å². The third kappa shape index (κ3) is 2.92. The van der Waals surface area contributed by atoms with Gasteiger partial charge >= 0.3 is 0 Å². The van der Waals surface area contributed by atoms with E-state index in [0.717, 1.165) is 5.69 Å². The molecule has 3 rings (SSSR count).